The van der Waals surface area contributed by atoms with E-state index in [1.807, 2.05) is 12.1 Å². The van der Waals surface area contributed by atoms with Gasteiger partial charge < -0.3 is 10.3 Å². The number of hydrazine groups is 1. The average Bonchev–Trinajstić information content (AvgIpc) is 3.58. The van der Waals surface area contributed by atoms with E-state index in [0.717, 1.165) is 25.2 Å². The van der Waals surface area contributed by atoms with Crippen molar-refractivity contribution in [3.63, 3.8) is 0 Å². The lowest BCUT2D eigenvalue weighted by Gasteiger charge is -2.23. The second-order valence-electron chi connectivity index (χ2n) is 8.42. The van der Waals surface area contributed by atoms with E-state index in [2.05, 4.69) is 32.2 Å². The van der Waals surface area contributed by atoms with E-state index in [9.17, 15) is 4.39 Å². The smallest absolute Gasteiger partial charge is 0.276 e. The van der Waals surface area contributed by atoms with Crippen LogP contribution in [0.15, 0.2) is 77.6 Å². The number of nitrogens with two attached hydrogens (primary N) is 2. The van der Waals surface area contributed by atoms with Gasteiger partial charge in [0.25, 0.3) is 5.89 Å². The number of pyridine rings is 1. The molecule has 2 aromatic heterocycles. The van der Waals surface area contributed by atoms with Crippen LogP contribution in [-0.2, 0) is 6.54 Å². The fraction of sp³-hybridized carbons (Fsp3) is 0.192. The summed E-state index contributed by atoms with van der Waals surface area (Å²) in [6, 6.07) is 17.7. The Morgan fingerprint density at radius 3 is 2.43 bits per heavy atom. The molecule has 5 rings (SSSR count). The molecular weight excluding hydrogens is 445 g/mol. The maximum atomic E-state index is 14.5. The van der Waals surface area contributed by atoms with Crippen LogP contribution in [0.25, 0.3) is 22.8 Å². The van der Waals surface area contributed by atoms with Crippen LogP contribution in [0.5, 0.6) is 0 Å². The molecule has 0 amide bonds. The molecule has 4 N–H and O–H groups in total. The molecular formula is C26H26FN7O. The minimum Gasteiger partial charge on any atom is -0.392 e. The van der Waals surface area contributed by atoms with Gasteiger partial charge in [-0.25, -0.2) is 10.2 Å². The summed E-state index contributed by atoms with van der Waals surface area (Å²) in [5, 5.41) is 5.29. The number of likely N-dealkylation sites (tertiary alicyclic amines) is 1. The minimum absolute atomic E-state index is 0.0831. The summed E-state index contributed by atoms with van der Waals surface area (Å²) in [5.74, 6) is 6.35. The van der Waals surface area contributed by atoms with Gasteiger partial charge in [-0.05, 0) is 55.8 Å². The number of halogens is 1. The fourth-order valence-electron chi connectivity index (χ4n) is 4.21. The largest absolute Gasteiger partial charge is 0.392 e. The van der Waals surface area contributed by atoms with Gasteiger partial charge in [0.2, 0.25) is 5.82 Å². The van der Waals surface area contributed by atoms with Crippen molar-refractivity contribution in [2.24, 2.45) is 11.6 Å². The lowest BCUT2D eigenvalue weighted by atomic mass is 10.1. The molecule has 35 heavy (non-hydrogen) atoms. The number of para-hydroxylation sites is 1. The topological polar surface area (TPSA) is 110 Å². The molecule has 0 saturated carbocycles. The maximum Gasteiger partial charge on any atom is 0.276 e. The van der Waals surface area contributed by atoms with Crippen molar-refractivity contribution in [3.05, 3.63) is 95.9 Å². The zero-order chi connectivity index (χ0) is 24.2. The highest BCUT2D eigenvalue weighted by atomic mass is 19.1. The van der Waals surface area contributed by atoms with E-state index in [1.165, 1.54) is 29.5 Å². The van der Waals surface area contributed by atoms with Crippen LogP contribution >= 0.6 is 0 Å². The van der Waals surface area contributed by atoms with Crippen molar-refractivity contribution in [3.8, 4) is 11.4 Å². The highest BCUT2D eigenvalue weighted by molar-refractivity contribution is 5.93. The molecule has 0 unspecified atom stereocenters. The molecule has 178 valence electrons. The summed E-state index contributed by atoms with van der Waals surface area (Å²) in [7, 11) is 0. The normalized spacial score (nSPS) is 14.7. The maximum absolute atomic E-state index is 14.5. The molecule has 3 heterocycles. The van der Waals surface area contributed by atoms with Gasteiger partial charge in [-0.1, -0.05) is 41.6 Å². The zero-order valence-corrected chi connectivity index (χ0v) is 19.1. The first-order valence-electron chi connectivity index (χ1n) is 11.5. The number of rotatable bonds is 7. The molecule has 1 saturated heterocycles. The van der Waals surface area contributed by atoms with E-state index < -0.39 is 5.82 Å². The molecule has 1 fully saturated rings. The van der Waals surface area contributed by atoms with Gasteiger partial charge in [0, 0.05) is 30.1 Å². The van der Waals surface area contributed by atoms with E-state index in [-0.39, 0.29) is 17.3 Å². The van der Waals surface area contributed by atoms with Crippen molar-refractivity contribution < 1.29 is 8.91 Å². The third-order valence-corrected chi connectivity index (χ3v) is 6.04. The molecule has 1 aliphatic rings. The predicted octanol–water partition coefficient (Wildman–Crippen LogP) is 4.03. The van der Waals surface area contributed by atoms with Gasteiger partial charge in [-0.15, -0.1) is 0 Å². The van der Waals surface area contributed by atoms with Crippen LogP contribution in [0.2, 0.25) is 0 Å². The highest BCUT2D eigenvalue weighted by Gasteiger charge is 2.22. The number of aromatic nitrogens is 3. The molecule has 2 aromatic carbocycles. The van der Waals surface area contributed by atoms with Crippen LogP contribution in [-0.4, -0.2) is 33.1 Å². The Labute approximate surface area is 202 Å². The molecule has 0 spiro atoms. The first-order valence-corrected chi connectivity index (χ1v) is 11.5. The molecule has 1 aliphatic heterocycles. The van der Waals surface area contributed by atoms with Crippen molar-refractivity contribution >= 4 is 17.1 Å². The monoisotopic (exact) mass is 471 g/mol. The molecule has 0 bridgehead atoms. The van der Waals surface area contributed by atoms with Crippen LogP contribution < -0.4 is 16.6 Å². The molecule has 0 atom stereocenters. The highest BCUT2D eigenvalue weighted by Crippen LogP contribution is 2.30. The predicted molar refractivity (Wildman–Crippen MR) is 133 cm³/mol. The van der Waals surface area contributed by atoms with Crippen molar-refractivity contribution in [1.82, 2.24) is 20.0 Å². The Hall–Kier alpha value is -4.08. The number of anilines is 1. The summed E-state index contributed by atoms with van der Waals surface area (Å²) in [5.41, 5.74) is 9.72. The molecule has 0 aliphatic carbocycles. The van der Waals surface area contributed by atoms with Crippen LogP contribution in [0.3, 0.4) is 0 Å². The summed E-state index contributed by atoms with van der Waals surface area (Å²) in [6.07, 6.45) is 5.72. The van der Waals surface area contributed by atoms with Crippen molar-refractivity contribution in [1.29, 1.82) is 0 Å². The van der Waals surface area contributed by atoms with Crippen LogP contribution in [0.4, 0.5) is 10.1 Å². The van der Waals surface area contributed by atoms with Crippen LogP contribution in [0.1, 0.15) is 29.9 Å². The zero-order valence-electron chi connectivity index (χ0n) is 19.1. The molecule has 8 nitrogen and oxygen atoms in total. The third-order valence-electron chi connectivity index (χ3n) is 6.04. The minimum atomic E-state index is -0.491. The quantitative estimate of drug-likeness (QED) is 0.307. The Kier molecular flexibility index (Phi) is 6.51. The number of hydrogen-bond donors (Lipinski definition) is 2. The SMILES string of the molecule is N/C(=C(/c1ccncc1)N(N)c1ccccc1F)c1nc(-c2ccc(CN3CCCC3)cc2)no1. The Bertz CT molecular complexity index is 1320. The van der Waals surface area contributed by atoms with Gasteiger partial charge in [0.1, 0.15) is 11.5 Å². The Morgan fingerprint density at radius 2 is 1.71 bits per heavy atom. The van der Waals surface area contributed by atoms with E-state index in [0.29, 0.717) is 17.1 Å². The number of benzene rings is 2. The summed E-state index contributed by atoms with van der Waals surface area (Å²) in [6.45, 7) is 3.23. The third kappa shape index (κ3) is 4.91. The van der Waals surface area contributed by atoms with E-state index in [4.69, 9.17) is 16.1 Å². The standard InChI is InChI=1S/C26H26FN7O/c27-21-5-1-2-6-22(21)34(29)24(19-11-13-30-14-12-19)23(28)26-31-25(32-35-26)20-9-7-18(8-10-20)17-33-15-3-4-16-33/h1-2,5-14H,3-4,15-17,28-29H2/b24-23-. The van der Waals surface area contributed by atoms with Crippen LogP contribution in [0, 0.1) is 5.82 Å². The Balaban J connectivity index is 1.46. The molecule has 0 radical (unpaired) electrons. The van der Waals surface area contributed by atoms with Crippen molar-refractivity contribution in [2.75, 3.05) is 18.1 Å². The summed E-state index contributed by atoms with van der Waals surface area (Å²) in [4.78, 5) is 11.0. The fourth-order valence-corrected chi connectivity index (χ4v) is 4.21. The second kappa shape index (κ2) is 10.0. The van der Waals surface area contributed by atoms with Gasteiger partial charge in [0.05, 0.1) is 11.4 Å². The number of hydrogen-bond acceptors (Lipinski definition) is 8. The van der Waals surface area contributed by atoms with Gasteiger partial charge in [-0.2, -0.15) is 4.98 Å². The molecule has 4 aromatic rings. The van der Waals surface area contributed by atoms with E-state index in [1.54, 1.807) is 42.7 Å². The lowest BCUT2D eigenvalue weighted by Crippen LogP contribution is -2.32. The first-order chi connectivity index (χ1) is 17.1. The van der Waals surface area contributed by atoms with Gasteiger partial charge in [0.15, 0.2) is 0 Å². The van der Waals surface area contributed by atoms with E-state index >= 15 is 0 Å². The first kappa shape index (κ1) is 22.7. The van der Waals surface area contributed by atoms with Gasteiger partial charge in [-0.3, -0.25) is 14.9 Å². The molecule has 9 heteroatoms. The second-order valence-corrected chi connectivity index (χ2v) is 8.42. The number of nitrogens with zero attached hydrogens (tertiary/aromatic N) is 5. The Morgan fingerprint density at radius 1 is 1.00 bits per heavy atom. The average molecular weight is 472 g/mol. The lowest BCUT2D eigenvalue weighted by molar-refractivity contribution is 0.331. The summed E-state index contributed by atoms with van der Waals surface area (Å²) < 4.78 is 20.0. The van der Waals surface area contributed by atoms with Gasteiger partial charge >= 0.3 is 0 Å². The summed E-state index contributed by atoms with van der Waals surface area (Å²) >= 11 is 0. The van der Waals surface area contributed by atoms with Crippen molar-refractivity contribution in [2.45, 2.75) is 19.4 Å².